The lowest BCUT2D eigenvalue weighted by Gasteiger charge is -2.08. The number of aromatic nitrogens is 1. The van der Waals surface area contributed by atoms with Crippen molar-refractivity contribution >= 4 is 5.82 Å². The SMILES string of the molecule is CCCNc1nc(-c2cccc(F)c2)ccc1C#N. The van der Waals surface area contributed by atoms with Crippen molar-refractivity contribution in [2.45, 2.75) is 13.3 Å². The predicted molar refractivity (Wildman–Crippen MR) is 73.1 cm³/mol. The number of hydrogen-bond donors (Lipinski definition) is 1. The second kappa shape index (κ2) is 5.96. The minimum absolute atomic E-state index is 0.299. The van der Waals surface area contributed by atoms with E-state index in [4.69, 9.17) is 5.26 Å². The van der Waals surface area contributed by atoms with Crippen molar-refractivity contribution in [3.8, 4) is 17.3 Å². The summed E-state index contributed by atoms with van der Waals surface area (Å²) in [6.45, 7) is 2.78. The number of benzene rings is 1. The highest BCUT2D eigenvalue weighted by atomic mass is 19.1. The van der Waals surface area contributed by atoms with Crippen LogP contribution in [0.2, 0.25) is 0 Å². The normalized spacial score (nSPS) is 9.95. The van der Waals surface area contributed by atoms with Crippen LogP contribution in [0.25, 0.3) is 11.3 Å². The maximum atomic E-state index is 13.2. The first-order chi connectivity index (χ1) is 9.24. The fourth-order valence-electron chi connectivity index (χ4n) is 1.74. The standard InChI is InChI=1S/C15H14FN3/c1-2-8-18-15-12(10-17)6-7-14(19-15)11-4-3-5-13(16)9-11/h3-7,9H,2,8H2,1H3,(H,18,19). The van der Waals surface area contributed by atoms with Gasteiger partial charge in [-0.2, -0.15) is 5.26 Å². The van der Waals surface area contributed by atoms with E-state index in [1.54, 1.807) is 24.3 Å². The van der Waals surface area contributed by atoms with Gasteiger partial charge in [-0.15, -0.1) is 0 Å². The third kappa shape index (κ3) is 3.08. The summed E-state index contributed by atoms with van der Waals surface area (Å²) in [4.78, 5) is 4.39. The van der Waals surface area contributed by atoms with Gasteiger partial charge in [0.05, 0.1) is 11.3 Å². The van der Waals surface area contributed by atoms with Crippen LogP contribution in [0.15, 0.2) is 36.4 Å². The molecule has 0 amide bonds. The van der Waals surface area contributed by atoms with Gasteiger partial charge in [-0.25, -0.2) is 9.37 Å². The zero-order valence-electron chi connectivity index (χ0n) is 10.7. The van der Waals surface area contributed by atoms with E-state index in [-0.39, 0.29) is 5.82 Å². The molecule has 1 N–H and O–H groups in total. The fraction of sp³-hybridized carbons (Fsp3) is 0.200. The first kappa shape index (κ1) is 13.0. The van der Waals surface area contributed by atoms with Crippen LogP contribution in [0.1, 0.15) is 18.9 Å². The Kier molecular flexibility index (Phi) is 4.09. The summed E-state index contributed by atoms with van der Waals surface area (Å²) >= 11 is 0. The topological polar surface area (TPSA) is 48.7 Å². The average molecular weight is 255 g/mol. The highest BCUT2D eigenvalue weighted by molar-refractivity contribution is 5.64. The quantitative estimate of drug-likeness (QED) is 0.908. The van der Waals surface area contributed by atoms with E-state index in [1.165, 1.54) is 12.1 Å². The second-order valence-corrected chi connectivity index (χ2v) is 4.14. The van der Waals surface area contributed by atoms with Crippen LogP contribution >= 0.6 is 0 Å². The van der Waals surface area contributed by atoms with Gasteiger partial charge in [0.1, 0.15) is 17.7 Å². The Labute approximate surface area is 111 Å². The highest BCUT2D eigenvalue weighted by Crippen LogP contribution is 2.22. The molecule has 0 radical (unpaired) electrons. The largest absolute Gasteiger partial charge is 0.369 e. The van der Waals surface area contributed by atoms with Gasteiger partial charge >= 0.3 is 0 Å². The molecule has 0 saturated carbocycles. The van der Waals surface area contributed by atoms with Crippen LogP contribution < -0.4 is 5.32 Å². The zero-order chi connectivity index (χ0) is 13.7. The van der Waals surface area contributed by atoms with Gasteiger partial charge in [-0.1, -0.05) is 19.1 Å². The Morgan fingerprint density at radius 1 is 1.32 bits per heavy atom. The smallest absolute Gasteiger partial charge is 0.144 e. The van der Waals surface area contributed by atoms with Crippen LogP contribution in [0, 0.1) is 17.1 Å². The number of nitrogens with one attached hydrogen (secondary N) is 1. The molecule has 19 heavy (non-hydrogen) atoms. The number of rotatable bonds is 4. The molecule has 0 aliphatic carbocycles. The Morgan fingerprint density at radius 2 is 2.16 bits per heavy atom. The number of halogens is 1. The Morgan fingerprint density at radius 3 is 2.84 bits per heavy atom. The van der Waals surface area contributed by atoms with Crippen molar-refractivity contribution in [3.05, 3.63) is 47.8 Å². The second-order valence-electron chi connectivity index (χ2n) is 4.14. The van der Waals surface area contributed by atoms with Gasteiger partial charge in [0, 0.05) is 12.1 Å². The number of nitriles is 1. The molecule has 3 nitrogen and oxygen atoms in total. The molecule has 0 bridgehead atoms. The molecule has 1 aromatic carbocycles. The molecule has 0 fully saturated rings. The molecule has 0 saturated heterocycles. The lowest BCUT2D eigenvalue weighted by Crippen LogP contribution is -2.04. The summed E-state index contributed by atoms with van der Waals surface area (Å²) in [5.41, 5.74) is 1.84. The molecule has 1 aromatic heterocycles. The first-order valence-electron chi connectivity index (χ1n) is 6.15. The van der Waals surface area contributed by atoms with Crippen LogP contribution in [0.5, 0.6) is 0 Å². The first-order valence-corrected chi connectivity index (χ1v) is 6.15. The van der Waals surface area contributed by atoms with Crippen molar-refractivity contribution in [1.82, 2.24) is 4.98 Å². The van der Waals surface area contributed by atoms with E-state index >= 15 is 0 Å². The van der Waals surface area contributed by atoms with E-state index < -0.39 is 0 Å². The Bertz CT molecular complexity index is 617. The van der Waals surface area contributed by atoms with Gasteiger partial charge in [-0.3, -0.25) is 0 Å². The van der Waals surface area contributed by atoms with E-state index in [0.717, 1.165) is 13.0 Å². The lowest BCUT2D eigenvalue weighted by molar-refractivity contribution is 0.628. The number of nitrogens with zero attached hydrogens (tertiary/aromatic N) is 2. The van der Waals surface area contributed by atoms with E-state index in [2.05, 4.69) is 16.4 Å². The van der Waals surface area contributed by atoms with Gasteiger partial charge in [0.2, 0.25) is 0 Å². The minimum Gasteiger partial charge on any atom is -0.369 e. The van der Waals surface area contributed by atoms with Crippen LogP contribution in [0.3, 0.4) is 0 Å². The van der Waals surface area contributed by atoms with Crippen LogP contribution in [-0.4, -0.2) is 11.5 Å². The molecular weight excluding hydrogens is 241 g/mol. The van der Waals surface area contributed by atoms with Crippen molar-refractivity contribution in [3.63, 3.8) is 0 Å². The van der Waals surface area contributed by atoms with Crippen LogP contribution in [-0.2, 0) is 0 Å². The fourth-order valence-corrected chi connectivity index (χ4v) is 1.74. The van der Waals surface area contributed by atoms with Crippen molar-refractivity contribution < 1.29 is 4.39 Å². The molecule has 0 unspecified atom stereocenters. The predicted octanol–water partition coefficient (Wildman–Crippen LogP) is 3.58. The number of hydrogen-bond acceptors (Lipinski definition) is 3. The maximum Gasteiger partial charge on any atom is 0.144 e. The molecule has 2 rings (SSSR count). The molecule has 2 aromatic rings. The van der Waals surface area contributed by atoms with Gasteiger partial charge < -0.3 is 5.32 Å². The van der Waals surface area contributed by atoms with Gasteiger partial charge in [-0.05, 0) is 30.7 Å². The Balaban J connectivity index is 2.40. The molecule has 96 valence electrons. The minimum atomic E-state index is -0.299. The van der Waals surface area contributed by atoms with Crippen LogP contribution in [0.4, 0.5) is 10.2 Å². The molecule has 1 heterocycles. The average Bonchev–Trinajstić information content (AvgIpc) is 2.44. The highest BCUT2D eigenvalue weighted by Gasteiger charge is 2.07. The van der Waals surface area contributed by atoms with Gasteiger partial charge in [0.25, 0.3) is 0 Å². The van der Waals surface area contributed by atoms with E-state index in [1.807, 2.05) is 6.92 Å². The molecule has 4 heteroatoms. The summed E-state index contributed by atoms with van der Waals surface area (Å²) < 4.78 is 13.2. The molecule has 0 spiro atoms. The van der Waals surface area contributed by atoms with Crippen molar-refractivity contribution in [1.29, 1.82) is 5.26 Å². The Hall–Kier alpha value is -2.41. The third-order valence-electron chi connectivity index (χ3n) is 2.68. The summed E-state index contributed by atoms with van der Waals surface area (Å²) in [6, 6.07) is 11.8. The van der Waals surface area contributed by atoms with E-state index in [9.17, 15) is 4.39 Å². The van der Waals surface area contributed by atoms with E-state index in [0.29, 0.717) is 22.6 Å². The zero-order valence-corrected chi connectivity index (χ0v) is 10.7. The molecular formula is C15H14FN3. The number of anilines is 1. The summed E-state index contributed by atoms with van der Waals surface area (Å²) in [5.74, 6) is 0.248. The van der Waals surface area contributed by atoms with Crippen molar-refractivity contribution in [2.24, 2.45) is 0 Å². The molecule has 0 aliphatic heterocycles. The summed E-state index contributed by atoms with van der Waals surface area (Å²) in [7, 11) is 0. The van der Waals surface area contributed by atoms with Gasteiger partial charge in [0.15, 0.2) is 0 Å². The third-order valence-corrected chi connectivity index (χ3v) is 2.68. The molecule has 0 atom stereocenters. The lowest BCUT2D eigenvalue weighted by atomic mass is 10.1. The monoisotopic (exact) mass is 255 g/mol. The van der Waals surface area contributed by atoms with Crippen molar-refractivity contribution in [2.75, 3.05) is 11.9 Å². The number of pyridine rings is 1. The molecule has 0 aliphatic rings. The maximum absolute atomic E-state index is 13.2. The summed E-state index contributed by atoms with van der Waals surface area (Å²) in [6.07, 6.45) is 0.941. The summed E-state index contributed by atoms with van der Waals surface area (Å²) in [5, 5.41) is 12.1.